The summed E-state index contributed by atoms with van der Waals surface area (Å²) in [7, 11) is 0. The SMILES string of the molecule is CCC(C)c1ccc(OC2CCNCC2)c(Br)c1. The van der Waals surface area contributed by atoms with Crippen LogP contribution in [0.5, 0.6) is 5.75 Å². The minimum absolute atomic E-state index is 0.358. The summed E-state index contributed by atoms with van der Waals surface area (Å²) < 4.78 is 7.15. The molecule has 18 heavy (non-hydrogen) atoms. The van der Waals surface area contributed by atoms with Gasteiger partial charge in [0.25, 0.3) is 0 Å². The Morgan fingerprint density at radius 2 is 2.11 bits per heavy atom. The first-order chi connectivity index (χ1) is 8.70. The third-order valence-electron chi connectivity index (χ3n) is 3.72. The highest BCUT2D eigenvalue weighted by molar-refractivity contribution is 9.10. The predicted octanol–water partition coefficient (Wildman–Crippen LogP) is 4.09. The standard InChI is InChI=1S/C15H22BrNO/c1-3-11(2)12-4-5-15(14(16)10-12)18-13-6-8-17-9-7-13/h4-5,10-11,13,17H,3,6-9H2,1-2H3. The van der Waals surface area contributed by atoms with Gasteiger partial charge in [0.1, 0.15) is 11.9 Å². The molecular formula is C15H22BrNO. The molecule has 1 aliphatic heterocycles. The Balaban J connectivity index is 2.04. The lowest BCUT2D eigenvalue weighted by atomic mass is 9.99. The van der Waals surface area contributed by atoms with Gasteiger partial charge in [-0.25, -0.2) is 0 Å². The Bertz CT molecular complexity index is 388. The van der Waals surface area contributed by atoms with Gasteiger partial charge in [-0.05, 0) is 71.9 Å². The van der Waals surface area contributed by atoms with E-state index in [1.54, 1.807) is 0 Å². The Hall–Kier alpha value is -0.540. The topological polar surface area (TPSA) is 21.3 Å². The van der Waals surface area contributed by atoms with Crippen molar-refractivity contribution in [1.82, 2.24) is 5.32 Å². The minimum Gasteiger partial charge on any atom is -0.489 e. The highest BCUT2D eigenvalue weighted by atomic mass is 79.9. The number of hydrogen-bond acceptors (Lipinski definition) is 2. The number of halogens is 1. The zero-order valence-corrected chi connectivity index (χ0v) is 12.8. The summed E-state index contributed by atoms with van der Waals surface area (Å²) in [6.45, 7) is 6.60. The van der Waals surface area contributed by atoms with Crippen LogP contribution in [-0.4, -0.2) is 19.2 Å². The van der Waals surface area contributed by atoms with Crippen molar-refractivity contribution >= 4 is 15.9 Å². The molecule has 1 heterocycles. The average Bonchev–Trinajstić information content (AvgIpc) is 2.41. The minimum atomic E-state index is 0.358. The molecule has 0 radical (unpaired) electrons. The van der Waals surface area contributed by atoms with Gasteiger partial charge in [0.2, 0.25) is 0 Å². The third-order valence-corrected chi connectivity index (χ3v) is 4.34. The van der Waals surface area contributed by atoms with Crippen molar-refractivity contribution < 1.29 is 4.74 Å². The highest BCUT2D eigenvalue weighted by Crippen LogP contribution is 2.31. The molecule has 2 rings (SSSR count). The number of nitrogens with one attached hydrogen (secondary N) is 1. The highest BCUT2D eigenvalue weighted by Gasteiger charge is 2.16. The fourth-order valence-electron chi connectivity index (χ4n) is 2.25. The van der Waals surface area contributed by atoms with E-state index in [4.69, 9.17) is 4.74 Å². The molecule has 1 aromatic rings. The quantitative estimate of drug-likeness (QED) is 0.904. The van der Waals surface area contributed by atoms with Crippen LogP contribution in [0.2, 0.25) is 0 Å². The van der Waals surface area contributed by atoms with Gasteiger partial charge < -0.3 is 10.1 Å². The van der Waals surface area contributed by atoms with Crippen LogP contribution in [-0.2, 0) is 0 Å². The molecule has 100 valence electrons. The second kappa shape index (κ2) is 6.58. The maximum absolute atomic E-state index is 6.07. The first kappa shape index (κ1) is 13.9. The normalized spacial score (nSPS) is 18.6. The molecule has 0 amide bonds. The summed E-state index contributed by atoms with van der Waals surface area (Å²) >= 11 is 3.63. The molecule has 0 aliphatic carbocycles. The fourth-order valence-corrected chi connectivity index (χ4v) is 2.74. The molecular weight excluding hydrogens is 290 g/mol. The van der Waals surface area contributed by atoms with Crippen LogP contribution in [0.25, 0.3) is 0 Å². The molecule has 0 bridgehead atoms. The zero-order chi connectivity index (χ0) is 13.0. The first-order valence-corrected chi connectivity index (χ1v) is 7.66. The number of piperidine rings is 1. The second-order valence-electron chi connectivity index (χ2n) is 5.07. The van der Waals surface area contributed by atoms with Gasteiger partial charge in [0, 0.05) is 0 Å². The van der Waals surface area contributed by atoms with E-state index in [0.717, 1.165) is 36.2 Å². The van der Waals surface area contributed by atoms with Crippen molar-refractivity contribution in [2.45, 2.75) is 45.1 Å². The van der Waals surface area contributed by atoms with E-state index in [-0.39, 0.29) is 0 Å². The van der Waals surface area contributed by atoms with Gasteiger partial charge in [0.05, 0.1) is 4.47 Å². The predicted molar refractivity (Wildman–Crippen MR) is 79.4 cm³/mol. The Morgan fingerprint density at radius 3 is 2.72 bits per heavy atom. The van der Waals surface area contributed by atoms with E-state index in [1.165, 1.54) is 12.0 Å². The van der Waals surface area contributed by atoms with E-state index in [0.29, 0.717) is 12.0 Å². The number of benzene rings is 1. The van der Waals surface area contributed by atoms with Crippen LogP contribution in [0.1, 0.15) is 44.6 Å². The Kier molecular flexibility index (Phi) is 5.07. The summed E-state index contributed by atoms with van der Waals surface area (Å²) in [6.07, 6.45) is 3.72. The van der Waals surface area contributed by atoms with Gasteiger partial charge in [-0.15, -0.1) is 0 Å². The smallest absolute Gasteiger partial charge is 0.133 e. The van der Waals surface area contributed by atoms with E-state index in [1.807, 2.05) is 0 Å². The summed E-state index contributed by atoms with van der Waals surface area (Å²) in [6, 6.07) is 6.49. The van der Waals surface area contributed by atoms with Crippen LogP contribution < -0.4 is 10.1 Å². The van der Waals surface area contributed by atoms with Crippen molar-refractivity contribution in [3.05, 3.63) is 28.2 Å². The second-order valence-corrected chi connectivity index (χ2v) is 5.92. The molecule has 3 heteroatoms. The number of ether oxygens (including phenoxy) is 1. The first-order valence-electron chi connectivity index (χ1n) is 6.87. The lowest BCUT2D eigenvalue weighted by Crippen LogP contribution is -2.34. The van der Waals surface area contributed by atoms with E-state index in [2.05, 4.69) is 53.3 Å². The number of rotatable bonds is 4. The van der Waals surface area contributed by atoms with Crippen LogP contribution in [0, 0.1) is 0 Å². The Morgan fingerprint density at radius 1 is 1.39 bits per heavy atom. The largest absolute Gasteiger partial charge is 0.489 e. The van der Waals surface area contributed by atoms with Gasteiger partial charge in [-0.3, -0.25) is 0 Å². The van der Waals surface area contributed by atoms with Crippen LogP contribution in [0.3, 0.4) is 0 Å². The van der Waals surface area contributed by atoms with Crippen molar-refractivity contribution in [2.75, 3.05) is 13.1 Å². The van der Waals surface area contributed by atoms with E-state index < -0.39 is 0 Å². The maximum atomic E-state index is 6.07. The van der Waals surface area contributed by atoms with Crippen molar-refractivity contribution in [3.63, 3.8) is 0 Å². The fraction of sp³-hybridized carbons (Fsp3) is 0.600. The summed E-state index contributed by atoms with van der Waals surface area (Å²) in [5.74, 6) is 1.59. The molecule has 0 saturated carbocycles. The lowest BCUT2D eigenvalue weighted by Gasteiger charge is -2.24. The van der Waals surface area contributed by atoms with Crippen molar-refractivity contribution in [2.24, 2.45) is 0 Å². The maximum Gasteiger partial charge on any atom is 0.133 e. The molecule has 2 nitrogen and oxygen atoms in total. The molecule has 1 N–H and O–H groups in total. The molecule has 0 aromatic heterocycles. The molecule has 1 saturated heterocycles. The number of hydrogen-bond donors (Lipinski definition) is 1. The molecule has 1 unspecified atom stereocenters. The van der Waals surface area contributed by atoms with Crippen molar-refractivity contribution in [3.8, 4) is 5.75 Å². The molecule has 1 aliphatic rings. The van der Waals surface area contributed by atoms with E-state index >= 15 is 0 Å². The van der Waals surface area contributed by atoms with Crippen molar-refractivity contribution in [1.29, 1.82) is 0 Å². The lowest BCUT2D eigenvalue weighted by molar-refractivity contribution is 0.161. The molecule has 1 atom stereocenters. The van der Waals surface area contributed by atoms with Crippen LogP contribution in [0.15, 0.2) is 22.7 Å². The summed E-state index contributed by atoms with van der Waals surface area (Å²) in [5.41, 5.74) is 1.38. The molecule has 0 spiro atoms. The van der Waals surface area contributed by atoms with E-state index in [9.17, 15) is 0 Å². The molecule has 1 aromatic carbocycles. The van der Waals surface area contributed by atoms with Gasteiger partial charge >= 0.3 is 0 Å². The summed E-state index contributed by atoms with van der Waals surface area (Å²) in [5, 5.41) is 3.36. The average molecular weight is 312 g/mol. The van der Waals surface area contributed by atoms with Gasteiger partial charge in [0.15, 0.2) is 0 Å². The third kappa shape index (κ3) is 3.48. The van der Waals surface area contributed by atoms with Gasteiger partial charge in [-0.1, -0.05) is 19.9 Å². The molecule has 1 fully saturated rings. The monoisotopic (exact) mass is 311 g/mol. The summed E-state index contributed by atoms with van der Waals surface area (Å²) in [4.78, 5) is 0. The zero-order valence-electron chi connectivity index (χ0n) is 11.2. The Labute approximate surface area is 118 Å². The van der Waals surface area contributed by atoms with Gasteiger partial charge in [-0.2, -0.15) is 0 Å². The van der Waals surface area contributed by atoms with Crippen LogP contribution >= 0.6 is 15.9 Å². The van der Waals surface area contributed by atoms with Crippen LogP contribution in [0.4, 0.5) is 0 Å².